The second kappa shape index (κ2) is 10.3. The molecule has 0 aromatic heterocycles. The third kappa shape index (κ3) is 6.89. The van der Waals surface area contributed by atoms with Crippen molar-refractivity contribution in [2.24, 2.45) is 10.2 Å². The highest BCUT2D eigenvalue weighted by Gasteiger charge is 2.32. The quantitative estimate of drug-likeness (QED) is 0.286. The van der Waals surface area contributed by atoms with Gasteiger partial charge in [0.1, 0.15) is 15.9 Å². The lowest BCUT2D eigenvalue weighted by molar-refractivity contribution is -0.138. The second-order valence-corrected chi connectivity index (χ2v) is 9.39. The molecule has 0 bridgehead atoms. The van der Waals surface area contributed by atoms with Gasteiger partial charge in [-0.3, -0.25) is 14.4 Å². The summed E-state index contributed by atoms with van der Waals surface area (Å²) in [5.41, 5.74) is 1.04. The Kier molecular flexibility index (Phi) is 7.45. The SMILES string of the molecule is CC(=O)Nc1ccc(S(=O)(=O)Oc2ccc(/C=N\N=C3\NC(=O)[C@@H](CC(=O)O)S3)cc2)cc1. The van der Waals surface area contributed by atoms with Gasteiger partial charge in [-0.2, -0.15) is 13.5 Å². The van der Waals surface area contributed by atoms with Crippen LogP contribution in [0.5, 0.6) is 5.75 Å². The summed E-state index contributed by atoms with van der Waals surface area (Å²) in [5.74, 6) is -1.71. The number of hydrogen-bond acceptors (Lipinski definition) is 9. The molecule has 3 N–H and O–H groups in total. The average molecular weight is 491 g/mol. The van der Waals surface area contributed by atoms with Gasteiger partial charge < -0.3 is 19.9 Å². The molecule has 1 fully saturated rings. The number of amidine groups is 1. The zero-order valence-electron chi connectivity index (χ0n) is 17.1. The first-order chi connectivity index (χ1) is 15.6. The van der Waals surface area contributed by atoms with E-state index >= 15 is 0 Å². The Morgan fingerprint density at radius 1 is 1.18 bits per heavy atom. The summed E-state index contributed by atoms with van der Waals surface area (Å²) in [7, 11) is -4.07. The number of nitrogens with zero attached hydrogens (tertiary/aromatic N) is 2. The van der Waals surface area contributed by atoms with Crippen molar-refractivity contribution in [1.82, 2.24) is 5.32 Å². The van der Waals surface area contributed by atoms with Crippen molar-refractivity contribution in [3.05, 3.63) is 54.1 Å². The summed E-state index contributed by atoms with van der Waals surface area (Å²) in [4.78, 5) is 33.4. The standard InChI is InChI=1S/C20H18N4O7S2/c1-12(25)22-14-4-8-16(9-5-14)33(29,30)31-15-6-2-13(3-7-15)11-21-24-20-23-19(28)17(32-20)10-18(26)27/h2-9,11,17H,10H2,1H3,(H,22,25)(H,26,27)(H,23,24,28)/b21-11-/t17-/m1/s1. The second-order valence-electron chi connectivity index (χ2n) is 6.66. The Morgan fingerprint density at radius 3 is 2.45 bits per heavy atom. The molecule has 11 nitrogen and oxygen atoms in total. The van der Waals surface area contributed by atoms with E-state index in [-0.39, 0.29) is 28.1 Å². The van der Waals surface area contributed by atoms with Crippen molar-refractivity contribution < 1.29 is 32.1 Å². The van der Waals surface area contributed by atoms with Gasteiger partial charge >= 0.3 is 16.1 Å². The molecule has 2 amide bonds. The Labute approximate surface area is 193 Å². The maximum Gasteiger partial charge on any atom is 0.339 e. The lowest BCUT2D eigenvalue weighted by Crippen LogP contribution is -2.26. The van der Waals surface area contributed by atoms with Gasteiger partial charge in [0.15, 0.2) is 5.17 Å². The van der Waals surface area contributed by atoms with Gasteiger partial charge in [-0.25, -0.2) is 0 Å². The van der Waals surface area contributed by atoms with Crippen LogP contribution in [-0.4, -0.2) is 47.9 Å². The van der Waals surface area contributed by atoms with E-state index in [0.29, 0.717) is 11.3 Å². The Balaban J connectivity index is 1.60. The molecule has 3 rings (SSSR count). The van der Waals surface area contributed by atoms with Crippen LogP contribution >= 0.6 is 11.8 Å². The Bertz CT molecular complexity index is 1220. The molecule has 0 radical (unpaired) electrons. The van der Waals surface area contributed by atoms with E-state index in [1.807, 2.05) is 0 Å². The highest BCUT2D eigenvalue weighted by atomic mass is 32.2. The molecule has 33 heavy (non-hydrogen) atoms. The number of anilines is 1. The van der Waals surface area contributed by atoms with Crippen molar-refractivity contribution in [3.63, 3.8) is 0 Å². The molecule has 13 heteroatoms. The minimum atomic E-state index is -4.07. The van der Waals surface area contributed by atoms with Gasteiger partial charge in [-0.05, 0) is 54.1 Å². The van der Waals surface area contributed by atoms with Gasteiger partial charge in [0.2, 0.25) is 11.8 Å². The van der Waals surface area contributed by atoms with Crippen LogP contribution < -0.4 is 14.8 Å². The van der Waals surface area contributed by atoms with E-state index in [2.05, 4.69) is 20.8 Å². The molecular weight excluding hydrogens is 472 g/mol. The van der Waals surface area contributed by atoms with E-state index in [1.165, 1.54) is 49.5 Å². The molecule has 1 saturated heterocycles. The molecule has 1 heterocycles. The molecule has 2 aromatic rings. The minimum absolute atomic E-state index is 0.0737. The van der Waals surface area contributed by atoms with E-state index in [9.17, 15) is 22.8 Å². The zero-order valence-corrected chi connectivity index (χ0v) is 18.7. The number of carboxylic acid groups (broad SMARTS) is 1. The average Bonchev–Trinajstić information content (AvgIpc) is 3.07. The smallest absolute Gasteiger partial charge is 0.339 e. The number of carbonyl (C=O) groups is 3. The fourth-order valence-corrected chi connectivity index (χ4v) is 4.43. The van der Waals surface area contributed by atoms with Crippen LogP contribution in [0.2, 0.25) is 0 Å². The normalized spacial score (nSPS) is 17.2. The molecule has 0 aliphatic carbocycles. The van der Waals surface area contributed by atoms with Crippen LogP contribution in [0, 0.1) is 0 Å². The van der Waals surface area contributed by atoms with Gasteiger partial charge in [0.25, 0.3) is 0 Å². The van der Waals surface area contributed by atoms with Crippen molar-refractivity contribution in [1.29, 1.82) is 0 Å². The topological polar surface area (TPSA) is 164 Å². The summed E-state index contributed by atoms with van der Waals surface area (Å²) in [6, 6.07) is 11.5. The number of thioether (sulfide) groups is 1. The third-order valence-corrected chi connectivity index (χ3v) is 6.37. The largest absolute Gasteiger partial charge is 0.481 e. The van der Waals surface area contributed by atoms with Crippen LogP contribution in [-0.2, 0) is 24.5 Å². The Hall–Kier alpha value is -3.71. The molecule has 1 aliphatic heterocycles. The molecule has 0 saturated carbocycles. The summed E-state index contributed by atoms with van der Waals surface area (Å²) in [6.07, 6.45) is 1.06. The van der Waals surface area contributed by atoms with Crippen molar-refractivity contribution in [3.8, 4) is 5.75 Å². The maximum atomic E-state index is 12.4. The van der Waals surface area contributed by atoms with Gasteiger partial charge in [0, 0.05) is 12.6 Å². The fourth-order valence-electron chi connectivity index (χ4n) is 2.59. The molecular formula is C20H18N4O7S2. The summed E-state index contributed by atoms with van der Waals surface area (Å²) in [6.45, 7) is 1.35. The maximum absolute atomic E-state index is 12.4. The molecule has 1 atom stereocenters. The highest BCUT2D eigenvalue weighted by molar-refractivity contribution is 8.15. The highest BCUT2D eigenvalue weighted by Crippen LogP contribution is 2.23. The molecule has 0 spiro atoms. The van der Waals surface area contributed by atoms with Gasteiger partial charge in [-0.15, -0.1) is 5.10 Å². The van der Waals surface area contributed by atoms with E-state index < -0.39 is 27.2 Å². The minimum Gasteiger partial charge on any atom is -0.481 e. The first-order valence-electron chi connectivity index (χ1n) is 9.35. The predicted octanol–water partition coefficient (Wildman–Crippen LogP) is 1.81. The van der Waals surface area contributed by atoms with Crippen LogP contribution in [0.25, 0.3) is 0 Å². The summed E-state index contributed by atoms with van der Waals surface area (Å²) in [5, 5.41) is 20.9. The lowest BCUT2D eigenvalue weighted by atomic mass is 10.2. The van der Waals surface area contributed by atoms with Crippen molar-refractivity contribution in [2.75, 3.05) is 5.32 Å². The number of aliphatic carboxylic acids is 1. The number of amides is 2. The van der Waals surface area contributed by atoms with E-state index in [0.717, 1.165) is 11.8 Å². The Morgan fingerprint density at radius 2 is 1.85 bits per heavy atom. The first kappa shape index (κ1) is 23.9. The van der Waals surface area contributed by atoms with Gasteiger partial charge in [0.05, 0.1) is 12.6 Å². The number of rotatable bonds is 8. The summed E-state index contributed by atoms with van der Waals surface area (Å²) < 4.78 is 30.0. The summed E-state index contributed by atoms with van der Waals surface area (Å²) >= 11 is 0.980. The number of benzene rings is 2. The lowest BCUT2D eigenvalue weighted by Gasteiger charge is -2.08. The monoisotopic (exact) mass is 490 g/mol. The number of hydrogen-bond donors (Lipinski definition) is 3. The van der Waals surface area contributed by atoms with Gasteiger partial charge in [-0.1, -0.05) is 11.8 Å². The first-order valence-corrected chi connectivity index (χ1v) is 11.6. The van der Waals surface area contributed by atoms with Crippen LogP contribution in [0.15, 0.2) is 63.6 Å². The fraction of sp³-hybridized carbons (Fsp3) is 0.150. The molecule has 172 valence electrons. The zero-order chi connectivity index (χ0) is 24.0. The van der Waals surface area contributed by atoms with E-state index in [4.69, 9.17) is 9.29 Å². The molecule has 2 aromatic carbocycles. The number of carbonyl (C=O) groups excluding carboxylic acids is 2. The van der Waals surface area contributed by atoms with Crippen molar-refractivity contribution >= 4 is 56.7 Å². The number of nitrogens with one attached hydrogen (secondary N) is 2. The third-order valence-electron chi connectivity index (χ3n) is 4.04. The van der Waals surface area contributed by atoms with Crippen LogP contribution in [0.3, 0.4) is 0 Å². The van der Waals surface area contributed by atoms with E-state index in [1.54, 1.807) is 12.1 Å². The molecule has 0 unspecified atom stereocenters. The number of carboxylic acids is 1. The van der Waals surface area contributed by atoms with Crippen LogP contribution in [0.4, 0.5) is 5.69 Å². The molecule has 1 aliphatic rings. The van der Waals surface area contributed by atoms with Crippen LogP contribution in [0.1, 0.15) is 18.9 Å². The predicted molar refractivity (Wildman–Crippen MR) is 122 cm³/mol. The van der Waals surface area contributed by atoms with Crippen molar-refractivity contribution in [2.45, 2.75) is 23.5 Å².